The van der Waals surface area contributed by atoms with Crippen molar-refractivity contribution in [1.82, 2.24) is 10.2 Å². The van der Waals surface area contributed by atoms with Gasteiger partial charge in [0.05, 0.1) is 21.3 Å². The lowest BCUT2D eigenvalue weighted by Crippen LogP contribution is -2.53. The van der Waals surface area contributed by atoms with E-state index in [9.17, 15) is 9.59 Å². The molecule has 0 atom stereocenters. The Morgan fingerprint density at radius 2 is 1.79 bits per heavy atom. The van der Waals surface area contributed by atoms with Crippen molar-refractivity contribution in [1.29, 1.82) is 0 Å². The number of hydrogen-bond donors (Lipinski definition) is 1. The van der Waals surface area contributed by atoms with Crippen LogP contribution in [-0.4, -0.2) is 49.7 Å². The molecule has 128 valence electrons. The molecular formula is C16H18N2O5S. The first-order valence-corrected chi connectivity index (χ1v) is 7.57. The fourth-order valence-corrected chi connectivity index (χ4v) is 2.68. The molecule has 0 spiro atoms. The van der Waals surface area contributed by atoms with E-state index in [1.54, 1.807) is 19.1 Å². The van der Waals surface area contributed by atoms with Crippen molar-refractivity contribution in [3.63, 3.8) is 0 Å². The predicted molar refractivity (Wildman–Crippen MR) is 92.2 cm³/mol. The Morgan fingerprint density at radius 3 is 2.33 bits per heavy atom. The maximum Gasteiger partial charge on any atom is 0.265 e. The zero-order valence-electron chi connectivity index (χ0n) is 13.8. The maximum absolute atomic E-state index is 12.5. The third-order valence-corrected chi connectivity index (χ3v) is 3.86. The van der Waals surface area contributed by atoms with Crippen molar-refractivity contribution in [2.75, 3.05) is 27.9 Å². The lowest BCUT2D eigenvalue weighted by atomic mass is 10.1. The van der Waals surface area contributed by atoms with Gasteiger partial charge in [0, 0.05) is 12.1 Å². The SMILES string of the molecule is CCN1C(=O)/C(=C/c2ccc(OC)c(OC)c2OC)C(=O)NC1=S. The quantitative estimate of drug-likeness (QED) is 0.491. The highest BCUT2D eigenvalue weighted by Gasteiger charge is 2.32. The zero-order chi connectivity index (χ0) is 17.9. The first-order chi connectivity index (χ1) is 11.5. The molecule has 1 saturated heterocycles. The number of methoxy groups -OCH3 is 3. The Labute approximate surface area is 145 Å². The summed E-state index contributed by atoms with van der Waals surface area (Å²) in [5.41, 5.74) is 0.480. The number of amides is 2. The molecule has 24 heavy (non-hydrogen) atoms. The Hall–Kier alpha value is -2.61. The molecule has 0 aromatic heterocycles. The van der Waals surface area contributed by atoms with E-state index >= 15 is 0 Å². The van der Waals surface area contributed by atoms with Gasteiger partial charge in [0.15, 0.2) is 16.6 Å². The van der Waals surface area contributed by atoms with Crippen LogP contribution in [0.2, 0.25) is 0 Å². The average molecular weight is 350 g/mol. The van der Waals surface area contributed by atoms with Crippen LogP contribution in [0, 0.1) is 0 Å². The summed E-state index contributed by atoms with van der Waals surface area (Å²) in [6.07, 6.45) is 1.45. The Bertz CT molecular complexity index is 729. The minimum atomic E-state index is -0.550. The number of likely N-dealkylation sites (N-methyl/N-ethyl adjacent to an activating group) is 1. The fourth-order valence-electron chi connectivity index (χ4n) is 2.37. The molecule has 7 nitrogen and oxygen atoms in total. The number of carbonyl (C=O) groups is 2. The maximum atomic E-state index is 12.5. The second-order valence-corrected chi connectivity index (χ2v) is 5.18. The number of hydrogen-bond acceptors (Lipinski definition) is 6. The monoisotopic (exact) mass is 350 g/mol. The van der Waals surface area contributed by atoms with Gasteiger partial charge in [-0.1, -0.05) is 0 Å². The lowest BCUT2D eigenvalue weighted by Gasteiger charge is -2.27. The van der Waals surface area contributed by atoms with Gasteiger partial charge < -0.3 is 14.2 Å². The van der Waals surface area contributed by atoms with Crippen LogP contribution in [-0.2, 0) is 9.59 Å². The summed E-state index contributed by atoms with van der Waals surface area (Å²) in [4.78, 5) is 25.9. The van der Waals surface area contributed by atoms with Crippen molar-refractivity contribution >= 4 is 35.2 Å². The highest BCUT2D eigenvalue weighted by molar-refractivity contribution is 7.80. The topological polar surface area (TPSA) is 77.1 Å². The van der Waals surface area contributed by atoms with Crippen molar-refractivity contribution in [2.24, 2.45) is 0 Å². The third kappa shape index (κ3) is 3.05. The van der Waals surface area contributed by atoms with Crippen LogP contribution in [0.25, 0.3) is 6.08 Å². The summed E-state index contributed by atoms with van der Waals surface area (Å²) in [5.74, 6) is 0.212. The van der Waals surface area contributed by atoms with Gasteiger partial charge in [0.2, 0.25) is 5.75 Å². The van der Waals surface area contributed by atoms with Crippen molar-refractivity contribution in [2.45, 2.75) is 6.92 Å². The number of carbonyl (C=O) groups excluding carboxylic acids is 2. The second kappa shape index (κ2) is 7.31. The normalized spacial score (nSPS) is 16.2. The summed E-state index contributed by atoms with van der Waals surface area (Å²) >= 11 is 5.00. The molecule has 0 saturated carbocycles. The van der Waals surface area contributed by atoms with Crippen molar-refractivity contribution < 1.29 is 23.8 Å². The molecule has 1 aromatic rings. The zero-order valence-corrected chi connectivity index (χ0v) is 14.7. The van der Waals surface area contributed by atoms with Crippen LogP contribution >= 0.6 is 12.2 Å². The van der Waals surface area contributed by atoms with E-state index in [0.717, 1.165) is 0 Å². The molecule has 1 fully saturated rings. The Morgan fingerprint density at radius 1 is 1.12 bits per heavy atom. The standard InChI is InChI=1S/C16H18N2O5S/c1-5-18-15(20)10(14(19)17-16(18)24)8-9-6-7-11(21-2)13(23-4)12(9)22-3/h6-8H,5H2,1-4H3,(H,17,19,24)/b10-8+. The molecule has 0 aliphatic carbocycles. The van der Waals surface area contributed by atoms with Gasteiger partial charge in [0.25, 0.3) is 11.8 Å². The highest BCUT2D eigenvalue weighted by Crippen LogP contribution is 2.40. The van der Waals surface area contributed by atoms with Crippen LogP contribution in [0.15, 0.2) is 17.7 Å². The molecule has 2 amide bonds. The van der Waals surface area contributed by atoms with E-state index in [-0.39, 0.29) is 10.7 Å². The summed E-state index contributed by atoms with van der Waals surface area (Å²) < 4.78 is 15.9. The molecule has 1 aliphatic rings. The van der Waals surface area contributed by atoms with E-state index in [1.165, 1.54) is 32.3 Å². The Kier molecular flexibility index (Phi) is 5.40. The largest absolute Gasteiger partial charge is 0.493 e. The number of rotatable bonds is 5. The van der Waals surface area contributed by atoms with E-state index in [4.69, 9.17) is 26.4 Å². The average Bonchev–Trinajstić information content (AvgIpc) is 2.57. The molecule has 0 unspecified atom stereocenters. The van der Waals surface area contributed by atoms with Gasteiger partial charge in [-0.3, -0.25) is 19.8 Å². The number of nitrogens with one attached hydrogen (secondary N) is 1. The summed E-state index contributed by atoms with van der Waals surface area (Å²) in [7, 11) is 4.45. The molecule has 0 bridgehead atoms. The van der Waals surface area contributed by atoms with Gasteiger partial charge in [-0.15, -0.1) is 0 Å². The summed E-state index contributed by atoms with van der Waals surface area (Å²) in [6.45, 7) is 2.13. The van der Waals surface area contributed by atoms with Gasteiger partial charge in [-0.05, 0) is 37.4 Å². The number of benzene rings is 1. The van der Waals surface area contributed by atoms with Crippen LogP contribution in [0.5, 0.6) is 17.2 Å². The number of ether oxygens (including phenoxy) is 3. The van der Waals surface area contributed by atoms with E-state index in [2.05, 4.69) is 5.32 Å². The van der Waals surface area contributed by atoms with E-state index < -0.39 is 11.8 Å². The number of thiocarbonyl (C=S) groups is 1. The van der Waals surface area contributed by atoms with Crippen LogP contribution < -0.4 is 19.5 Å². The highest BCUT2D eigenvalue weighted by atomic mass is 32.1. The molecule has 1 aromatic carbocycles. The van der Waals surface area contributed by atoms with Gasteiger partial charge in [-0.2, -0.15) is 0 Å². The molecule has 1 N–H and O–H groups in total. The molecule has 2 rings (SSSR count). The molecule has 1 heterocycles. The molecule has 1 aliphatic heterocycles. The predicted octanol–water partition coefficient (Wildman–Crippen LogP) is 1.36. The van der Waals surface area contributed by atoms with Gasteiger partial charge in [0.1, 0.15) is 5.57 Å². The summed E-state index contributed by atoms with van der Waals surface area (Å²) in [5, 5.41) is 2.60. The smallest absolute Gasteiger partial charge is 0.265 e. The van der Waals surface area contributed by atoms with Crippen LogP contribution in [0.3, 0.4) is 0 Å². The first-order valence-electron chi connectivity index (χ1n) is 7.16. The van der Waals surface area contributed by atoms with Gasteiger partial charge >= 0.3 is 0 Å². The van der Waals surface area contributed by atoms with Gasteiger partial charge in [-0.25, -0.2) is 0 Å². The minimum absolute atomic E-state index is 0.0315. The summed E-state index contributed by atoms with van der Waals surface area (Å²) in [6, 6.07) is 3.35. The molecule has 8 heteroatoms. The molecule has 0 radical (unpaired) electrons. The van der Waals surface area contributed by atoms with E-state index in [0.29, 0.717) is 29.4 Å². The second-order valence-electron chi connectivity index (χ2n) is 4.79. The van der Waals surface area contributed by atoms with Crippen molar-refractivity contribution in [3.05, 3.63) is 23.3 Å². The first kappa shape index (κ1) is 17.7. The number of nitrogens with zero attached hydrogens (tertiary/aromatic N) is 1. The third-order valence-electron chi connectivity index (χ3n) is 3.54. The van der Waals surface area contributed by atoms with E-state index in [1.807, 2.05) is 0 Å². The lowest BCUT2D eigenvalue weighted by molar-refractivity contribution is -0.128. The van der Waals surface area contributed by atoms with Crippen LogP contribution in [0.1, 0.15) is 12.5 Å². The Balaban J connectivity index is 2.56. The minimum Gasteiger partial charge on any atom is -0.493 e. The van der Waals surface area contributed by atoms with Crippen LogP contribution in [0.4, 0.5) is 0 Å². The van der Waals surface area contributed by atoms with Crippen molar-refractivity contribution in [3.8, 4) is 17.2 Å². The fraction of sp³-hybridized carbons (Fsp3) is 0.312. The molecular weight excluding hydrogens is 332 g/mol.